The fraction of sp³-hybridized carbons (Fsp3) is 0.667. The van der Waals surface area contributed by atoms with E-state index < -0.39 is 0 Å². The Hall–Kier alpha value is -1.06. The molecule has 2 bridgehead atoms. The smallest absolute Gasteiger partial charge is 0.119 e. The fourth-order valence-electron chi connectivity index (χ4n) is 4.34. The molecule has 0 aromatic heterocycles. The molecule has 2 aliphatic heterocycles. The molecule has 0 radical (unpaired) electrons. The summed E-state index contributed by atoms with van der Waals surface area (Å²) in [6.45, 7) is 3.22. The molecule has 116 valence electrons. The van der Waals surface area contributed by atoms with Crippen molar-refractivity contribution in [1.82, 2.24) is 10.2 Å². The molecule has 1 aromatic rings. The molecule has 3 atom stereocenters. The molecule has 2 fully saturated rings. The fourth-order valence-corrected chi connectivity index (χ4v) is 4.34. The van der Waals surface area contributed by atoms with Gasteiger partial charge in [-0.1, -0.05) is 19.1 Å². The van der Waals surface area contributed by atoms with Crippen molar-refractivity contribution in [3.63, 3.8) is 0 Å². The minimum absolute atomic E-state index is 0.460. The zero-order valence-electron chi connectivity index (χ0n) is 13.5. The van der Waals surface area contributed by atoms with Crippen LogP contribution in [-0.2, 0) is 0 Å². The first-order chi connectivity index (χ1) is 10.2. The van der Waals surface area contributed by atoms with E-state index in [2.05, 4.69) is 42.4 Å². The van der Waals surface area contributed by atoms with Crippen LogP contribution in [0, 0.1) is 5.92 Å². The Bertz CT molecular complexity index is 462. The monoisotopic (exact) mass is 288 g/mol. The van der Waals surface area contributed by atoms with Crippen LogP contribution in [0.15, 0.2) is 24.3 Å². The first-order valence-corrected chi connectivity index (χ1v) is 8.32. The predicted molar refractivity (Wildman–Crippen MR) is 86.7 cm³/mol. The Morgan fingerprint density at radius 3 is 2.62 bits per heavy atom. The predicted octanol–water partition coefficient (Wildman–Crippen LogP) is 3.22. The van der Waals surface area contributed by atoms with Crippen molar-refractivity contribution in [2.75, 3.05) is 20.7 Å². The van der Waals surface area contributed by atoms with Crippen molar-refractivity contribution in [3.05, 3.63) is 29.8 Å². The molecular weight excluding hydrogens is 260 g/mol. The highest BCUT2D eigenvalue weighted by Gasteiger charge is 2.41. The van der Waals surface area contributed by atoms with Crippen LogP contribution < -0.4 is 10.1 Å². The summed E-state index contributed by atoms with van der Waals surface area (Å²) in [5, 5.41) is 3.73. The minimum Gasteiger partial charge on any atom is -0.497 e. The van der Waals surface area contributed by atoms with Crippen LogP contribution in [-0.4, -0.2) is 37.7 Å². The van der Waals surface area contributed by atoms with Crippen molar-refractivity contribution in [2.45, 2.75) is 50.7 Å². The van der Waals surface area contributed by atoms with Gasteiger partial charge in [0, 0.05) is 18.1 Å². The van der Waals surface area contributed by atoms with E-state index in [-0.39, 0.29) is 0 Å². The van der Waals surface area contributed by atoms with Crippen LogP contribution in [0.3, 0.4) is 0 Å². The highest BCUT2D eigenvalue weighted by molar-refractivity contribution is 5.31. The molecule has 2 heterocycles. The van der Waals surface area contributed by atoms with Gasteiger partial charge in [-0.3, -0.25) is 0 Å². The van der Waals surface area contributed by atoms with E-state index >= 15 is 0 Å². The lowest BCUT2D eigenvalue weighted by molar-refractivity contribution is 0.113. The van der Waals surface area contributed by atoms with Gasteiger partial charge in [0.25, 0.3) is 0 Å². The first-order valence-electron chi connectivity index (χ1n) is 8.32. The molecule has 0 amide bonds. The summed E-state index contributed by atoms with van der Waals surface area (Å²) in [5.41, 5.74) is 1.38. The van der Waals surface area contributed by atoms with Gasteiger partial charge in [-0.2, -0.15) is 0 Å². The van der Waals surface area contributed by atoms with Gasteiger partial charge in [-0.15, -0.1) is 0 Å². The quantitative estimate of drug-likeness (QED) is 0.900. The van der Waals surface area contributed by atoms with Crippen LogP contribution in [0.2, 0.25) is 0 Å². The van der Waals surface area contributed by atoms with Gasteiger partial charge in [0.1, 0.15) is 5.75 Å². The number of rotatable bonds is 5. The van der Waals surface area contributed by atoms with Gasteiger partial charge in [-0.05, 0) is 62.9 Å². The molecule has 2 saturated heterocycles. The maximum atomic E-state index is 5.41. The second kappa shape index (κ2) is 6.37. The van der Waals surface area contributed by atoms with Crippen LogP contribution in [0.1, 0.15) is 44.2 Å². The number of nitrogens with one attached hydrogen (secondary N) is 1. The third-order valence-electron chi connectivity index (χ3n) is 5.48. The molecule has 2 aliphatic rings. The lowest BCUT2D eigenvalue weighted by Gasteiger charge is -2.40. The van der Waals surface area contributed by atoms with Crippen LogP contribution in [0.25, 0.3) is 0 Å². The van der Waals surface area contributed by atoms with E-state index in [0.717, 1.165) is 30.3 Å². The summed E-state index contributed by atoms with van der Waals surface area (Å²) in [6, 6.07) is 10.6. The molecule has 21 heavy (non-hydrogen) atoms. The standard InChI is InChI=1S/C18H28N2O/c1-4-19-18(13-6-5-7-17(12-13)21-3)14-10-15-8-9-16(11-14)20(15)2/h5-7,12,14-16,18-19H,4,8-11H2,1-3H3. The number of methoxy groups -OCH3 is 1. The van der Waals surface area contributed by atoms with Crippen molar-refractivity contribution in [1.29, 1.82) is 0 Å². The average molecular weight is 288 g/mol. The first kappa shape index (κ1) is 14.9. The maximum Gasteiger partial charge on any atom is 0.119 e. The summed E-state index contributed by atoms with van der Waals surface area (Å²) >= 11 is 0. The van der Waals surface area contributed by atoms with Crippen LogP contribution in [0.4, 0.5) is 0 Å². The second-order valence-corrected chi connectivity index (χ2v) is 6.59. The van der Waals surface area contributed by atoms with E-state index in [1.54, 1.807) is 7.11 Å². The summed E-state index contributed by atoms with van der Waals surface area (Å²) in [7, 11) is 4.06. The normalized spacial score (nSPS) is 30.3. The number of nitrogens with zero attached hydrogens (tertiary/aromatic N) is 1. The number of hydrogen-bond donors (Lipinski definition) is 1. The van der Waals surface area contributed by atoms with E-state index in [0.29, 0.717) is 6.04 Å². The third-order valence-corrected chi connectivity index (χ3v) is 5.48. The number of benzene rings is 1. The van der Waals surface area contributed by atoms with Gasteiger partial charge in [0.15, 0.2) is 0 Å². The Labute approximate surface area is 128 Å². The lowest BCUT2D eigenvalue weighted by Crippen LogP contribution is -2.43. The highest BCUT2D eigenvalue weighted by Crippen LogP contribution is 2.42. The molecule has 1 aromatic carbocycles. The number of ether oxygens (including phenoxy) is 1. The minimum atomic E-state index is 0.460. The summed E-state index contributed by atoms with van der Waals surface area (Å²) < 4.78 is 5.41. The SMILES string of the molecule is CCNC(c1cccc(OC)c1)C1CC2CCC(C1)N2C. The van der Waals surface area contributed by atoms with Crippen molar-refractivity contribution >= 4 is 0 Å². The van der Waals surface area contributed by atoms with Gasteiger partial charge in [0.05, 0.1) is 7.11 Å². The van der Waals surface area contributed by atoms with E-state index in [1.807, 2.05) is 6.07 Å². The molecule has 0 saturated carbocycles. The van der Waals surface area contributed by atoms with Crippen molar-refractivity contribution in [3.8, 4) is 5.75 Å². The molecule has 0 aliphatic carbocycles. The van der Waals surface area contributed by atoms with E-state index in [4.69, 9.17) is 4.74 Å². The van der Waals surface area contributed by atoms with E-state index in [9.17, 15) is 0 Å². The molecule has 3 heteroatoms. The van der Waals surface area contributed by atoms with Crippen molar-refractivity contribution in [2.24, 2.45) is 5.92 Å². The van der Waals surface area contributed by atoms with E-state index in [1.165, 1.54) is 31.2 Å². The molecule has 3 unspecified atom stereocenters. The number of piperidine rings is 1. The van der Waals surface area contributed by atoms with Gasteiger partial charge in [-0.25, -0.2) is 0 Å². The average Bonchev–Trinajstić information content (AvgIpc) is 2.74. The van der Waals surface area contributed by atoms with Crippen LogP contribution in [0.5, 0.6) is 5.75 Å². The largest absolute Gasteiger partial charge is 0.497 e. The van der Waals surface area contributed by atoms with Gasteiger partial charge in [0.2, 0.25) is 0 Å². The maximum absolute atomic E-state index is 5.41. The van der Waals surface area contributed by atoms with Gasteiger partial charge < -0.3 is 15.0 Å². The molecule has 3 rings (SSSR count). The summed E-state index contributed by atoms with van der Waals surface area (Å²) in [6.07, 6.45) is 5.41. The second-order valence-electron chi connectivity index (χ2n) is 6.59. The Morgan fingerprint density at radius 2 is 2.00 bits per heavy atom. The highest BCUT2D eigenvalue weighted by atomic mass is 16.5. The third kappa shape index (κ3) is 2.95. The lowest BCUT2D eigenvalue weighted by atomic mass is 9.82. The summed E-state index contributed by atoms with van der Waals surface area (Å²) in [5.74, 6) is 1.71. The zero-order chi connectivity index (χ0) is 14.8. The number of fused-ring (bicyclic) bond motifs is 2. The topological polar surface area (TPSA) is 24.5 Å². The van der Waals surface area contributed by atoms with Crippen molar-refractivity contribution < 1.29 is 4.74 Å². The summed E-state index contributed by atoms with van der Waals surface area (Å²) in [4.78, 5) is 2.62. The molecular formula is C18H28N2O. The molecule has 0 spiro atoms. The number of hydrogen-bond acceptors (Lipinski definition) is 3. The molecule has 1 N–H and O–H groups in total. The Morgan fingerprint density at radius 1 is 1.29 bits per heavy atom. The molecule has 3 nitrogen and oxygen atoms in total. The zero-order valence-corrected chi connectivity index (χ0v) is 13.5. The van der Waals surface area contributed by atoms with Crippen LogP contribution >= 0.6 is 0 Å². The Kier molecular flexibility index (Phi) is 4.51. The van der Waals surface area contributed by atoms with Gasteiger partial charge >= 0.3 is 0 Å². The Balaban J connectivity index is 1.81.